The molecule has 4 aromatic carbocycles. The molecule has 0 saturated carbocycles. The number of aryl methyl sites for hydroxylation is 2. The van der Waals surface area contributed by atoms with Gasteiger partial charge in [-0.15, -0.1) is 0 Å². The monoisotopic (exact) mass is 518 g/mol. The number of oxazole rings is 2. The third kappa shape index (κ3) is 4.74. The third-order valence-electron chi connectivity index (χ3n) is 7.36. The predicted octanol–water partition coefficient (Wildman–Crippen LogP) is 8.65. The fourth-order valence-corrected chi connectivity index (χ4v) is 5.08. The summed E-state index contributed by atoms with van der Waals surface area (Å²) < 4.78 is 12.1. The van der Waals surface area contributed by atoms with Crippen molar-refractivity contribution in [1.82, 2.24) is 9.97 Å². The van der Waals surface area contributed by atoms with Crippen molar-refractivity contribution < 1.29 is 19.0 Å². The fraction of sp³-hybridized carbons (Fsp3) is 0.212. The highest BCUT2D eigenvalue weighted by atomic mass is 16.4. The summed E-state index contributed by atoms with van der Waals surface area (Å²) in [4.78, 5) is 9.55. The van der Waals surface area contributed by atoms with Crippen molar-refractivity contribution in [2.24, 2.45) is 0 Å². The van der Waals surface area contributed by atoms with Crippen LogP contribution in [0.4, 0.5) is 0 Å². The van der Waals surface area contributed by atoms with Gasteiger partial charge in [-0.2, -0.15) is 0 Å². The number of benzene rings is 4. The van der Waals surface area contributed by atoms with Crippen LogP contribution in [0.1, 0.15) is 54.4 Å². The van der Waals surface area contributed by atoms with Gasteiger partial charge in [-0.3, -0.25) is 0 Å². The Morgan fingerprint density at radius 3 is 1.59 bits per heavy atom. The zero-order valence-corrected chi connectivity index (χ0v) is 22.2. The molecule has 0 fully saturated rings. The van der Waals surface area contributed by atoms with Gasteiger partial charge in [0.15, 0.2) is 11.2 Å². The zero-order valence-electron chi connectivity index (χ0n) is 22.2. The highest BCUT2D eigenvalue weighted by Gasteiger charge is 2.19. The van der Waals surface area contributed by atoms with E-state index in [4.69, 9.17) is 18.8 Å². The largest absolute Gasteiger partial charge is 0.508 e. The molecule has 0 radical (unpaired) electrons. The van der Waals surface area contributed by atoms with E-state index >= 15 is 0 Å². The molecule has 0 amide bonds. The van der Waals surface area contributed by atoms with Gasteiger partial charge in [0, 0.05) is 17.0 Å². The molecule has 0 unspecified atom stereocenters. The normalized spacial score (nSPS) is 11.7. The molecule has 6 aromatic rings. The third-order valence-corrected chi connectivity index (χ3v) is 7.36. The molecule has 196 valence electrons. The van der Waals surface area contributed by atoms with E-state index < -0.39 is 0 Å². The first kappa shape index (κ1) is 24.7. The number of rotatable bonds is 7. The van der Waals surface area contributed by atoms with Crippen molar-refractivity contribution in [2.75, 3.05) is 0 Å². The summed E-state index contributed by atoms with van der Waals surface area (Å²) in [5.41, 5.74) is 8.66. The van der Waals surface area contributed by atoms with Crippen LogP contribution < -0.4 is 0 Å². The summed E-state index contributed by atoms with van der Waals surface area (Å²) >= 11 is 0. The number of aromatic hydroxyl groups is 2. The van der Waals surface area contributed by atoms with Crippen molar-refractivity contribution in [3.63, 3.8) is 0 Å². The Labute approximate surface area is 226 Å². The van der Waals surface area contributed by atoms with Crippen LogP contribution in [-0.2, 0) is 0 Å². The molecule has 6 rings (SSSR count). The maximum absolute atomic E-state index is 9.88. The molecule has 6 nitrogen and oxygen atoms in total. The number of nitrogens with zero attached hydrogens (tertiary/aromatic N) is 2. The molecule has 0 bridgehead atoms. The molecular formula is C33H30N2O4. The molecule has 0 spiro atoms. The van der Waals surface area contributed by atoms with E-state index in [0.717, 1.165) is 63.7 Å². The Hall–Kier alpha value is -4.58. The molecule has 6 heteroatoms. The van der Waals surface area contributed by atoms with Gasteiger partial charge in [0.25, 0.3) is 0 Å². The average molecular weight is 519 g/mol. The summed E-state index contributed by atoms with van der Waals surface area (Å²) in [5, 5.41) is 19.8. The standard InChI is InChI=1S/C33H30N2O4/c1-4-5-6-25(21-9-13-30-26(17-21)34-32(38-30)23-7-11-28(36)19(2)15-23)22-10-14-31-27(18-22)35-33(39-31)24-8-12-29(37)20(3)16-24/h7-18,25,36-37H,4-6H2,1-3H3. The average Bonchev–Trinajstić information content (AvgIpc) is 3.56. The second-order valence-electron chi connectivity index (χ2n) is 10.2. The molecule has 0 aliphatic heterocycles. The minimum absolute atomic E-state index is 0.172. The Morgan fingerprint density at radius 2 is 1.15 bits per heavy atom. The Balaban J connectivity index is 1.37. The van der Waals surface area contributed by atoms with Gasteiger partial charge in [0.05, 0.1) is 0 Å². The SMILES string of the molecule is CCCCC(c1ccc2oc(-c3ccc(O)c(C)c3)nc2c1)c1ccc2oc(-c3ccc(O)c(C)c3)nc2c1. The predicted molar refractivity (Wildman–Crippen MR) is 153 cm³/mol. The van der Waals surface area contributed by atoms with Crippen molar-refractivity contribution in [3.8, 4) is 34.4 Å². The lowest BCUT2D eigenvalue weighted by atomic mass is 9.87. The van der Waals surface area contributed by atoms with Gasteiger partial charge in [0.1, 0.15) is 22.5 Å². The van der Waals surface area contributed by atoms with Crippen LogP contribution in [0.2, 0.25) is 0 Å². The van der Waals surface area contributed by atoms with Crippen molar-refractivity contribution in [3.05, 3.63) is 95.1 Å². The Bertz CT molecular complexity index is 1680. The highest BCUT2D eigenvalue weighted by Crippen LogP contribution is 2.36. The fourth-order valence-electron chi connectivity index (χ4n) is 5.08. The lowest BCUT2D eigenvalue weighted by Gasteiger charge is -2.17. The Morgan fingerprint density at radius 1 is 0.667 bits per heavy atom. The van der Waals surface area contributed by atoms with Crippen LogP contribution in [-0.4, -0.2) is 20.2 Å². The topological polar surface area (TPSA) is 92.5 Å². The lowest BCUT2D eigenvalue weighted by molar-refractivity contribution is 0.470. The van der Waals surface area contributed by atoms with Crippen molar-refractivity contribution in [2.45, 2.75) is 46.0 Å². The molecule has 2 aromatic heterocycles. The molecule has 0 atom stereocenters. The van der Waals surface area contributed by atoms with Gasteiger partial charge in [-0.1, -0.05) is 31.9 Å². The number of aromatic nitrogens is 2. The second-order valence-corrected chi connectivity index (χ2v) is 10.2. The molecule has 2 heterocycles. The zero-order chi connectivity index (χ0) is 27.1. The number of phenolic OH excluding ortho intramolecular Hbond substituents is 2. The summed E-state index contributed by atoms with van der Waals surface area (Å²) in [6.07, 6.45) is 3.19. The van der Waals surface area contributed by atoms with Crippen molar-refractivity contribution >= 4 is 22.2 Å². The smallest absolute Gasteiger partial charge is 0.227 e. The van der Waals surface area contributed by atoms with Crippen LogP contribution in [0, 0.1) is 13.8 Å². The first-order chi connectivity index (χ1) is 18.9. The highest BCUT2D eigenvalue weighted by molar-refractivity contribution is 5.79. The van der Waals surface area contributed by atoms with Gasteiger partial charge in [-0.25, -0.2) is 9.97 Å². The summed E-state index contributed by atoms with van der Waals surface area (Å²) in [7, 11) is 0. The summed E-state index contributed by atoms with van der Waals surface area (Å²) in [6, 6.07) is 23.2. The first-order valence-corrected chi connectivity index (χ1v) is 13.3. The van der Waals surface area contributed by atoms with E-state index in [2.05, 4.69) is 31.2 Å². The molecule has 2 N–H and O–H groups in total. The van der Waals surface area contributed by atoms with E-state index in [-0.39, 0.29) is 17.4 Å². The lowest BCUT2D eigenvalue weighted by Crippen LogP contribution is -2.01. The quantitative estimate of drug-likeness (QED) is 0.220. The maximum atomic E-state index is 9.88. The minimum atomic E-state index is 0.172. The maximum Gasteiger partial charge on any atom is 0.227 e. The number of hydrogen-bond acceptors (Lipinski definition) is 6. The van der Waals surface area contributed by atoms with Crippen LogP contribution >= 0.6 is 0 Å². The van der Waals surface area contributed by atoms with E-state index in [0.29, 0.717) is 11.8 Å². The van der Waals surface area contributed by atoms with Crippen LogP contribution in [0.3, 0.4) is 0 Å². The molecule has 0 aliphatic carbocycles. The van der Waals surface area contributed by atoms with E-state index in [1.165, 1.54) is 11.1 Å². The van der Waals surface area contributed by atoms with E-state index in [1.54, 1.807) is 12.1 Å². The van der Waals surface area contributed by atoms with Gasteiger partial charge in [0.2, 0.25) is 11.8 Å². The number of hydrogen-bond donors (Lipinski definition) is 2. The number of unbranched alkanes of at least 4 members (excludes halogenated alkanes) is 1. The van der Waals surface area contributed by atoms with Crippen molar-refractivity contribution in [1.29, 1.82) is 0 Å². The summed E-state index contributed by atoms with van der Waals surface area (Å²) in [6.45, 7) is 5.92. The molecular weight excluding hydrogens is 488 g/mol. The van der Waals surface area contributed by atoms with Gasteiger partial charge >= 0.3 is 0 Å². The first-order valence-electron chi connectivity index (χ1n) is 13.3. The van der Waals surface area contributed by atoms with E-state index in [9.17, 15) is 10.2 Å². The number of fused-ring (bicyclic) bond motifs is 2. The van der Waals surface area contributed by atoms with Crippen LogP contribution in [0.15, 0.2) is 81.6 Å². The molecule has 39 heavy (non-hydrogen) atoms. The molecule has 0 aliphatic rings. The molecule has 0 saturated heterocycles. The van der Waals surface area contributed by atoms with Crippen LogP contribution in [0.5, 0.6) is 11.5 Å². The minimum Gasteiger partial charge on any atom is -0.508 e. The van der Waals surface area contributed by atoms with Gasteiger partial charge in [-0.05, 0) is 103 Å². The second kappa shape index (κ2) is 9.95. The van der Waals surface area contributed by atoms with Gasteiger partial charge < -0.3 is 19.0 Å². The van der Waals surface area contributed by atoms with Crippen LogP contribution in [0.25, 0.3) is 45.1 Å². The number of phenols is 2. The van der Waals surface area contributed by atoms with E-state index in [1.807, 2.05) is 50.2 Å². The summed E-state index contributed by atoms with van der Waals surface area (Å²) in [5.74, 6) is 1.76. The Kier molecular flexibility index (Phi) is 6.31.